The number of hydrogen-bond acceptors (Lipinski definition) is 10. The number of aromatic nitrogens is 3. The molecule has 10 nitrogen and oxygen atoms in total. The van der Waals surface area contributed by atoms with Gasteiger partial charge in [0.05, 0.1) is 34.2 Å². The van der Waals surface area contributed by atoms with Gasteiger partial charge in [-0.25, -0.2) is 4.79 Å². The summed E-state index contributed by atoms with van der Waals surface area (Å²) in [5.41, 5.74) is 3.67. The molecular formula is C29H30N4O6S2. The summed E-state index contributed by atoms with van der Waals surface area (Å²) in [6, 6.07) is 11.4. The number of thiophene rings is 1. The van der Waals surface area contributed by atoms with Crippen molar-refractivity contribution in [1.29, 1.82) is 0 Å². The molecular weight excluding hydrogens is 564 g/mol. The third-order valence-corrected chi connectivity index (χ3v) is 7.94. The van der Waals surface area contributed by atoms with E-state index in [0.717, 1.165) is 11.1 Å². The Morgan fingerprint density at radius 3 is 2.29 bits per heavy atom. The van der Waals surface area contributed by atoms with E-state index in [2.05, 4.69) is 22.1 Å². The van der Waals surface area contributed by atoms with Gasteiger partial charge in [0.25, 0.3) is 0 Å². The maximum absolute atomic E-state index is 13.0. The molecule has 2 aromatic carbocycles. The van der Waals surface area contributed by atoms with Crippen LogP contribution in [0.15, 0.2) is 59.6 Å². The molecule has 4 aromatic rings. The number of carbonyl (C=O) groups excluding carboxylic acids is 2. The largest absolute Gasteiger partial charge is 0.493 e. The van der Waals surface area contributed by atoms with E-state index in [1.807, 2.05) is 41.1 Å². The Morgan fingerprint density at radius 1 is 1.02 bits per heavy atom. The van der Waals surface area contributed by atoms with Crippen LogP contribution in [0.5, 0.6) is 17.2 Å². The number of rotatable bonds is 12. The minimum atomic E-state index is -0.523. The number of hydrogen-bond donors (Lipinski definition) is 1. The van der Waals surface area contributed by atoms with Crippen LogP contribution in [0, 0.1) is 6.92 Å². The van der Waals surface area contributed by atoms with E-state index in [0.29, 0.717) is 56.5 Å². The van der Waals surface area contributed by atoms with Gasteiger partial charge in [-0.05, 0) is 24.6 Å². The highest BCUT2D eigenvalue weighted by molar-refractivity contribution is 7.99. The van der Waals surface area contributed by atoms with Crippen molar-refractivity contribution >= 4 is 40.0 Å². The lowest BCUT2D eigenvalue weighted by Gasteiger charge is -2.14. The van der Waals surface area contributed by atoms with Crippen molar-refractivity contribution in [1.82, 2.24) is 14.8 Å². The molecule has 0 radical (unpaired) electrons. The second-order valence-electron chi connectivity index (χ2n) is 8.67. The topological polar surface area (TPSA) is 114 Å². The summed E-state index contributed by atoms with van der Waals surface area (Å²) in [7, 11) is 5.93. The molecule has 214 valence electrons. The second-order valence-corrected chi connectivity index (χ2v) is 10.5. The molecule has 2 aromatic heterocycles. The van der Waals surface area contributed by atoms with Crippen LogP contribution in [-0.2, 0) is 16.1 Å². The zero-order chi connectivity index (χ0) is 29.5. The first-order valence-electron chi connectivity index (χ1n) is 12.4. The number of amides is 1. The van der Waals surface area contributed by atoms with Crippen molar-refractivity contribution in [3.63, 3.8) is 0 Å². The van der Waals surface area contributed by atoms with Gasteiger partial charge < -0.3 is 24.3 Å². The van der Waals surface area contributed by atoms with Crippen LogP contribution >= 0.6 is 23.1 Å². The predicted molar refractivity (Wildman–Crippen MR) is 160 cm³/mol. The van der Waals surface area contributed by atoms with E-state index >= 15 is 0 Å². The molecule has 41 heavy (non-hydrogen) atoms. The molecule has 0 saturated heterocycles. The van der Waals surface area contributed by atoms with Gasteiger partial charge >= 0.3 is 5.97 Å². The second kappa shape index (κ2) is 13.4. The van der Waals surface area contributed by atoms with Crippen LogP contribution in [0.2, 0.25) is 0 Å². The number of nitrogens with zero attached hydrogens (tertiary/aromatic N) is 3. The Kier molecular flexibility index (Phi) is 9.69. The SMILES string of the molecule is C=CCn1c(SCC(=O)Nc2scc(-c3ccc(C)cc3)c2C(=O)OC)nnc1-c1cc(OC)c(OC)c(OC)c1. The molecule has 0 unspecified atom stereocenters. The quantitative estimate of drug-likeness (QED) is 0.125. The average Bonchev–Trinajstić information content (AvgIpc) is 3.59. The fourth-order valence-electron chi connectivity index (χ4n) is 4.11. The number of anilines is 1. The molecule has 0 aliphatic heterocycles. The summed E-state index contributed by atoms with van der Waals surface area (Å²) in [6.07, 6.45) is 1.72. The highest BCUT2D eigenvalue weighted by Crippen LogP contribution is 2.41. The average molecular weight is 595 g/mol. The lowest BCUT2D eigenvalue weighted by Crippen LogP contribution is -2.16. The Hall–Kier alpha value is -4.29. The summed E-state index contributed by atoms with van der Waals surface area (Å²) in [6.45, 7) is 6.24. The van der Waals surface area contributed by atoms with Gasteiger partial charge in [-0.15, -0.1) is 28.1 Å². The van der Waals surface area contributed by atoms with Crippen LogP contribution in [0.4, 0.5) is 5.00 Å². The predicted octanol–water partition coefficient (Wildman–Crippen LogP) is 5.71. The van der Waals surface area contributed by atoms with Gasteiger partial charge in [-0.2, -0.15) is 0 Å². The molecule has 0 bridgehead atoms. The van der Waals surface area contributed by atoms with Crippen molar-refractivity contribution < 1.29 is 28.5 Å². The number of methoxy groups -OCH3 is 4. The molecule has 0 spiro atoms. The summed E-state index contributed by atoms with van der Waals surface area (Å²) in [5, 5.41) is 14.3. The van der Waals surface area contributed by atoms with Crippen LogP contribution in [0.3, 0.4) is 0 Å². The first-order chi connectivity index (χ1) is 19.8. The highest BCUT2D eigenvalue weighted by atomic mass is 32.2. The summed E-state index contributed by atoms with van der Waals surface area (Å²) in [4.78, 5) is 25.7. The van der Waals surface area contributed by atoms with Crippen molar-refractivity contribution in [2.24, 2.45) is 0 Å². The Morgan fingerprint density at radius 2 is 1.71 bits per heavy atom. The van der Waals surface area contributed by atoms with Crippen LogP contribution < -0.4 is 19.5 Å². The van der Waals surface area contributed by atoms with Gasteiger partial charge in [0.2, 0.25) is 11.7 Å². The van der Waals surface area contributed by atoms with Crippen LogP contribution in [0.1, 0.15) is 15.9 Å². The molecule has 1 amide bonds. The minimum absolute atomic E-state index is 0.0307. The number of esters is 1. The number of nitrogens with one attached hydrogen (secondary N) is 1. The number of benzene rings is 2. The van der Waals surface area contributed by atoms with Gasteiger partial charge in [-0.3, -0.25) is 9.36 Å². The third-order valence-electron chi connectivity index (χ3n) is 6.08. The number of allylic oxidation sites excluding steroid dienone is 1. The molecule has 2 heterocycles. The molecule has 1 N–H and O–H groups in total. The van der Waals surface area contributed by atoms with E-state index in [-0.39, 0.29) is 11.7 Å². The summed E-state index contributed by atoms with van der Waals surface area (Å²) < 4.78 is 23.2. The van der Waals surface area contributed by atoms with Crippen molar-refractivity contribution in [2.45, 2.75) is 18.6 Å². The highest BCUT2D eigenvalue weighted by Gasteiger charge is 2.24. The Bertz CT molecular complexity index is 1540. The number of thioether (sulfide) groups is 1. The summed E-state index contributed by atoms with van der Waals surface area (Å²) in [5.74, 6) is 1.16. The van der Waals surface area contributed by atoms with Crippen molar-refractivity contribution in [2.75, 3.05) is 39.5 Å². The molecule has 0 fully saturated rings. The van der Waals surface area contributed by atoms with Gasteiger partial charge in [0.15, 0.2) is 22.5 Å². The fraction of sp³-hybridized carbons (Fsp3) is 0.241. The number of ether oxygens (including phenoxy) is 4. The molecule has 0 saturated carbocycles. The first-order valence-corrected chi connectivity index (χ1v) is 14.3. The standard InChI is InChI=1S/C29H30N4O6S2/c1-7-12-33-26(19-13-21(36-3)25(38-5)22(14-19)37-4)31-32-29(33)41-16-23(34)30-27-24(28(35)39-6)20(15-40-27)18-10-8-17(2)9-11-18/h7-11,13-15H,1,12,16H2,2-6H3,(H,30,34). The lowest BCUT2D eigenvalue weighted by atomic mass is 10.0. The van der Waals surface area contributed by atoms with Gasteiger partial charge in [0.1, 0.15) is 10.6 Å². The normalized spacial score (nSPS) is 10.7. The Balaban J connectivity index is 1.56. The van der Waals surface area contributed by atoms with Gasteiger partial charge in [-0.1, -0.05) is 47.7 Å². The number of aryl methyl sites for hydroxylation is 1. The van der Waals surface area contributed by atoms with Crippen molar-refractivity contribution in [3.05, 3.63) is 65.6 Å². The zero-order valence-corrected chi connectivity index (χ0v) is 25.0. The zero-order valence-electron chi connectivity index (χ0n) is 23.3. The van der Waals surface area contributed by atoms with E-state index in [1.54, 1.807) is 32.4 Å². The Labute approximate surface area is 246 Å². The maximum atomic E-state index is 13.0. The third kappa shape index (κ3) is 6.39. The molecule has 0 aliphatic rings. The molecule has 0 aliphatic carbocycles. The molecule has 0 atom stereocenters. The van der Waals surface area contributed by atoms with Gasteiger partial charge in [0, 0.05) is 23.1 Å². The van der Waals surface area contributed by atoms with Crippen LogP contribution in [0.25, 0.3) is 22.5 Å². The smallest absolute Gasteiger partial charge is 0.341 e. The summed E-state index contributed by atoms with van der Waals surface area (Å²) >= 11 is 2.48. The first kappa shape index (κ1) is 29.7. The minimum Gasteiger partial charge on any atom is -0.493 e. The van der Waals surface area contributed by atoms with Crippen LogP contribution in [-0.4, -0.2) is 60.8 Å². The monoisotopic (exact) mass is 594 g/mol. The fourth-order valence-corrected chi connectivity index (χ4v) is 5.83. The van der Waals surface area contributed by atoms with Crippen molar-refractivity contribution in [3.8, 4) is 39.8 Å². The molecule has 4 rings (SSSR count). The lowest BCUT2D eigenvalue weighted by molar-refractivity contribution is -0.113. The maximum Gasteiger partial charge on any atom is 0.341 e. The molecule has 12 heteroatoms. The van der Waals surface area contributed by atoms with E-state index in [9.17, 15) is 9.59 Å². The van der Waals surface area contributed by atoms with E-state index in [1.165, 1.54) is 37.3 Å². The number of carbonyl (C=O) groups is 2. The van der Waals surface area contributed by atoms with E-state index < -0.39 is 5.97 Å². The van der Waals surface area contributed by atoms with E-state index in [4.69, 9.17) is 18.9 Å².